The van der Waals surface area contributed by atoms with Crippen molar-refractivity contribution >= 4 is 33.2 Å². The molecule has 178 valence electrons. The highest BCUT2D eigenvalue weighted by molar-refractivity contribution is 9.10. The maximum atomic E-state index is 14.7. The van der Waals surface area contributed by atoms with Gasteiger partial charge in [-0.25, -0.2) is 4.39 Å². The Labute approximate surface area is 188 Å². The summed E-state index contributed by atoms with van der Waals surface area (Å²) in [5, 5.41) is 11.0. The molecule has 0 aliphatic heterocycles. The molecule has 0 bridgehead atoms. The summed E-state index contributed by atoms with van der Waals surface area (Å²) >= 11 is 2.67. The first kappa shape index (κ1) is 26.3. The van der Waals surface area contributed by atoms with Gasteiger partial charge in [-0.05, 0) is 52.7 Å². The predicted octanol–water partition coefficient (Wildman–Crippen LogP) is 6.39. The van der Waals surface area contributed by atoms with Crippen molar-refractivity contribution in [2.45, 2.75) is 30.9 Å². The van der Waals surface area contributed by atoms with Crippen molar-refractivity contribution in [2.24, 2.45) is 0 Å². The van der Waals surface area contributed by atoms with E-state index in [0.29, 0.717) is 0 Å². The topological polar surface area (TPSA) is 78.9 Å². The van der Waals surface area contributed by atoms with Crippen LogP contribution in [0.1, 0.15) is 27.0 Å². The maximum Gasteiger partial charge on any atom is 0.457 e. The average molecular weight is 548 g/mol. The number of hydrogen-bond donors (Lipinski definition) is 2. The summed E-state index contributed by atoms with van der Waals surface area (Å²) < 4.78 is 119. The maximum absolute atomic E-state index is 14.7. The number of anilines is 2. The highest BCUT2D eigenvalue weighted by atomic mass is 79.9. The van der Waals surface area contributed by atoms with E-state index in [1.165, 1.54) is 12.1 Å². The third kappa shape index (κ3) is 4.46. The van der Waals surface area contributed by atoms with Crippen LogP contribution in [0.15, 0.2) is 34.8 Å². The number of nitrogen functional groups attached to an aromatic ring is 1. The molecule has 2 aromatic carbocycles. The van der Waals surface area contributed by atoms with Crippen molar-refractivity contribution in [1.29, 1.82) is 5.26 Å². The second-order valence-corrected chi connectivity index (χ2v) is 7.60. The van der Waals surface area contributed by atoms with Crippen LogP contribution >= 0.6 is 15.9 Å². The number of aryl methyl sites for hydroxylation is 1. The van der Waals surface area contributed by atoms with Gasteiger partial charge in [-0.3, -0.25) is 4.79 Å². The summed E-state index contributed by atoms with van der Waals surface area (Å²) in [6.45, 7) is 0.958. The number of benzene rings is 2. The fourth-order valence-electron chi connectivity index (χ4n) is 2.81. The molecule has 1 unspecified atom stereocenters. The zero-order valence-corrected chi connectivity index (χ0v) is 17.7. The first-order chi connectivity index (χ1) is 14.9. The first-order valence-corrected chi connectivity index (χ1v) is 9.29. The number of hydrogen-bond acceptors (Lipinski definition) is 3. The Bertz CT molecular complexity index is 1120. The summed E-state index contributed by atoms with van der Waals surface area (Å²) in [4.78, 5) is 12.4. The summed E-state index contributed by atoms with van der Waals surface area (Å²) in [7, 11) is 0. The van der Waals surface area contributed by atoms with Gasteiger partial charge in [-0.2, -0.15) is 40.4 Å². The van der Waals surface area contributed by atoms with E-state index in [1.807, 2.05) is 0 Å². The number of rotatable bonds is 4. The Balaban J connectivity index is 2.56. The number of nitrogens with two attached hydrogens (primary N) is 1. The average Bonchev–Trinajstić information content (AvgIpc) is 2.67. The van der Waals surface area contributed by atoms with Crippen molar-refractivity contribution < 1.29 is 44.3 Å². The molecule has 0 saturated heterocycles. The first-order valence-electron chi connectivity index (χ1n) is 8.50. The summed E-state index contributed by atoms with van der Waals surface area (Å²) in [6, 6.07) is 5.44. The van der Waals surface area contributed by atoms with Crippen LogP contribution in [0.3, 0.4) is 0 Å². The minimum atomic E-state index is -6.86. The van der Waals surface area contributed by atoms with E-state index < -0.39 is 45.5 Å². The molecule has 0 heterocycles. The van der Waals surface area contributed by atoms with Crippen LogP contribution in [-0.2, 0) is 5.67 Å². The van der Waals surface area contributed by atoms with Crippen LogP contribution < -0.4 is 11.1 Å². The second kappa shape index (κ2) is 8.44. The molecule has 0 spiro atoms. The summed E-state index contributed by atoms with van der Waals surface area (Å²) in [6.07, 6.45) is -13.5. The van der Waals surface area contributed by atoms with Crippen LogP contribution in [0.2, 0.25) is 0 Å². The van der Waals surface area contributed by atoms with Gasteiger partial charge in [0.15, 0.2) is 0 Å². The van der Waals surface area contributed by atoms with Crippen LogP contribution in [0.4, 0.5) is 50.9 Å². The van der Waals surface area contributed by atoms with Crippen LogP contribution in [0, 0.1) is 18.3 Å². The van der Waals surface area contributed by atoms with Crippen molar-refractivity contribution in [3.8, 4) is 6.07 Å². The fraction of sp³-hybridized carbons (Fsp3) is 0.263. The lowest BCUT2D eigenvalue weighted by atomic mass is 9.86. The predicted molar refractivity (Wildman–Crippen MR) is 102 cm³/mol. The molecular formula is C19H11BrF9N3O. The molecule has 0 fully saturated rings. The normalized spacial score (nSPS) is 14.4. The summed E-state index contributed by atoms with van der Waals surface area (Å²) in [5.41, 5.74) is -3.48. The number of amides is 1. The van der Waals surface area contributed by atoms with Gasteiger partial charge in [0.1, 0.15) is 6.07 Å². The Morgan fingerprint density at radius 2 is 1.58 bits per heavy atom. The molecule has 33 heavy (non-hydrogen) atoms. The number of nitrogens with one attached hydrogen (secondary N) is 1. The minimum Gasteiger partial charge on any atom is -0.398 e. The van der Waals surface area contributed by atoms with Crippen LogP contribution in [0.5, 0.6) is 0 Å². The highest BCUT2D eigenvalue weighted by Gasteiger charge is 2.81. The molecule has 2 rings (SSSR count). The molecule has 0 aliphatic carbocycles. The zero-order chi connectivity index (χ0) is 25.6. The van der Waals surface area contributed by atoms with Crippen molar-refractivity contribution in [3.05, 3.63) is 57.1 Å². The van der Waals surface area contributed by atoms with Gasteiger partial charge in [0, 0.05) is 15.6 Å². The number of alkyl halides is 9. The molecule has 2 aromatic rings. The SMILES string of the molecule is Cc1cc(C(F)(C(F)(F)F)C(F)(F)C(F)(F)F)cc(Br)c1NC(=O)c1ccc(C#N)c(N)c1. The molecule has 0 aliphatic rings. The number of halogens is 10. The third-order valence-electron chi connectivity index (χ3n) is 4.54. The molecule has 0 radical (unpaired) electrons. The second-order valence-electron chi connectivity index (χ2n) is 6.75. The third-order valence-corrected chi connectivity index (χ3v) is 5.16. The molecule has 0 saturated carbocycles. The van der Waals surface area contributed by atoms with E-state index in [4.69, 9.17) is 11.0 Å². The molecule has 4 nitrogen and oxygen atoms in total. The zero-order valence-electron chi connectivity index (χ0n) is 16.1. The van der Waals surface area contributed by atoms with Gasteiger partial charge in [0.2, 0.25) is 0 Å². The molecule has 0 aromatic heterocycles. The smallest absolute Gasteiger partial charge is 0.398 e. The minimum absolute atomic E-state index is 0.0466. The molecule has 3 N–H and O–H groups in total. The molecule has 1 atom stereocenters. The largest absolute Gasteiger partial charge is 0.457 e. The van der Waals surface area contributed by atoms with Gasteiger partial charge in [-0.1, -0.05) is 6.07 Å². The van der Waals surface area contributed by atoms with E-state index in [1.54, 1.807) is 6.07 Å². The van der Waals surface area contributed by atoms with Crippen LogP contribution in [0.25, 0.3) is 0 Å². The number of nitriles is 1. The Morgan fingerprint density at radius 1 is 1.00 bits per heavy atom. The molecular weight excluding hydrogens is 537 g/mol. The van der Waals surface area contributed by atoms with Crippen molar-refractivity contribution in [1.82, 2.24) is 0 Å². The van der Waals surface area contributed by atoms with E-state index in [0.717, 1.165) is 13.0 Å². The van der Waals surface area contributed by atoms with E-state index in [-0.39, 0.29) is 34.6 Å². The lowest BCUT2D eigenvalue weighted by Crippen LogP contribution is -2.59. The fourth-order valence-corrected chi connectivity index (χ4v) is 3.47. The Kier molecular flexibility index (Phi) is 6.72. The van der Waals surface area contributed by atoms with Gasteiger partial charge >= 0.3 is 23.9 Å². The van der Waals surface area contributed by atoms with Gasteiger partial charge < -0.3 is 11.1 Å². The van der Waals surface area contributed by atoms with Gasteiger partial charge in [0.25, 0.3) is 5.91 Å². The lowest BCUT2D eigenvalue weighted by Gasteiger charge is -2.36. The Morgan fingerprint density at radius 3 is 2.00 bits per heavy atom. The van der Waals surface area contributed by atoms with E-state index >= 15 is 0 Å². The van der Waals surface area contributed by atoms with Crippen LogP contribution in [-0.4, -0.2) is 24.2 Å². The summed E-state index contributed by atoms with van der Waals surface area (Å²) in [5.74, 6) is -7.74. The monoisotopic (exact) mass is 547 g/mol. The molecule has 1 amide bonds. The van der Waals surface area contributed by atoms with Gasteiger partial charge in [-0.15, -0.1) is 0 Å². The molecule has 14 heteroatoms. The quantitative estimate of drug-likeness (QED) is 0.344. The van der Waals surface area contributed by atoms with E-state index in [2.05, 4.69) is 21.2 Å². The van der Waals surface area contributed by atoms with E-state index in [9.17, 15) is 44.3 Å². The number of carbonyl (C=O) groups excluding carboxylic acids is 1. The van der Waals surface area contributed by atoms with Crippen molar-refractivity contribution in [2.75, 3.05) is 11.1 Å². The van der Waals surface area contributed by atoms with Gasteiger partial charge in [0.05, 0.1) is 16.9 Å². The standard InChI is InChI=1S/C19H11BrF9N3O/c1-8-4-11(16(21,18(24,25)26)17(22,23)19(27,28)29)6-12(20)14(8)32-15(33)9-2-3-10(7-30)13(31)5-9/h2-6H,31H2,1H3,(H,32,33). The number of carbonyl (C=O) groups is 1. The van der Waals surface area contributed by atoms with Crippen molar-refractivity contribution in [3.63, 3.8) is 0 Å². The lowest BCUT2D eigenvalue weighted by molar-refractivity contribution is -0.389. The Hall–Kier alpha value is -2.95. The number of nitrogens with zero attached hydrogens (tertiary/aromatic N) is 1. The highest BCUT2D eigenvalue weighted by Crippen LogP contribution is 2.58.